The first-order valence-electron chi connectivity index (χ1n) is 6.66. The molecular formula is C15H14ClF4N3O2. The van der Waals surface area contributed by atoms with Crippen LogP contribution in [0.2, 0.25) is 0 Å². The third kappa shape index (κ3) is 4.96. The van der Waals surface area contributed by atoms with E-state index in [1.54, 1.807) is 6.07 Å². The molecule has 2 atom stereocenters. The van der Waals surface area contributed by atoms with Gasteiger partial charge < -0.3 is 16.2 Å². The summed E-state index contributed by atoms with van der Waals surface area (Å²) in [6, 6.07) is 7.19. The highest BCUT2D eigenvalue weighted by atomic mass is 35.5. The molecule has 2 unspecified atom stereocenters. The molecule has 25 heavy (non-hydrogen) atoms. The van der Waals surface area contributed by atoms with Gasteiger partial charge in [-0.3, -0.25) is 4.79 Å². The minimum absolute atomic E-state index is 0. The second-order valence-corrected chi connectivity index (χ2v) is 4.93. The van der Waals surface area contributed by atoms with Crippen molar-refractivity contribution in [2.75, 3.05) is 0 Å². The molecule has 1 aromatic rings. The van der Waals surface area contributed by atoms with Gasteiger partial charge in [-0.15, -0.1) is 12.4 Å². The Bertz CT molecular complexity index is 715. The van der Waals surface area contributed by atoms with E-state index in [1.165, 1.54) is 24.3 Å². The van der Waals surface area contributed by atoms with Gasteiger partial charge in [-0.25, -0.2) is 0 Å². The Balaban J connectivity index is 0.00000312. The van der Waals surface area contributed by atoms with E-state index in [-0.39, 0.29) is 18.2 Å². The van der Waals surface area contributed by atoms with Crippen LogP contribution in [0.1, 0.15) is 0 Å². The predicted octanol–water partition coefficient (Wildman–Crippen LogP) is 2.63. The molecule has 1 amide bonds. The van der Waals surface area contributed by atoms with Crippen molar-refractivity contribution in [1.29, 1.82) is 0 Å². The van der Waals surface area contributed by atoms with Gasteiger partial charge in [0.1, 0.15) is 11.7 Å². The first-order valence-corrected chi connectivity index (χ1v) is 6.66. The van der Waals surface area contributed by atoms with Crippen LogP contribution in [0.5, 0.6) is 5.75 Å². The summed E-state index contributed by atoms with van der Waals surface area (Å²) in [7, 11) is 0. The van der Waals surface area contributed by atoms with E-state index >= 15 is 0 Å². The Hall–Kier alpha value is -2.55. The van der Waals surface area contributed by atoms with Gasteiger partial charge in [0.15, 0.2) is 5.96 Å². The minimum Gasteiger partial charge on any atom is -0.453 e. The SMILES string of the molecule is Cl.NC(N)=NC(=O)C1=CC(C(F)(F)F)C(F)(Oc2ccccc2)C=C1. The first-order chi connectivity index (χ1) is 11.1. The van der Waals surface area contributed by atoms with Crippen molar-refractivity contribution in [3.05, 3.63) is 54.1 Å². The van der Waals surface area contributed by atoms with Crippen molar-refractivity contribution < 1.29 is 27.1 Å². The molecular weight excluding hydrogens is 366 g/mol. The quantitative estimate of drug-likeness (QED) is 0.480. The maximum absolute atomic E-state index is 14.8. The van der Waals surface area contributed by atoms with Crippen molar-refractivity contribution in [3.8, 4) is 5.75 Å². The third-order valence-corrected chi connectivity index (χ3v) is 3.11. The number of halogens is 5. The molecule has 0 aliphatic heterocycles. The third-order valence-electron chi connectivity index (χ3n) is 3.11. The van der Waals surface area contributed by atoms with Crippen LogP contribution in [0.3, 0.4) is 0 Å². The summed E-state index contributed by atoms with van der Waals surface area (Å²) in [5, 5.41) is 0. The lowest BCUT2D eigenvalue weighted by molar-refractivity contribution is -0.223. The number of alkyl halides is 4. The topological polar surface area (TPSA) is 90.7 Å². The summed E-state index contributed by atoms with van der Waals surface area (Å²) >= 11 is 0. The number of hydrogen-bond donors (Lipinski definition) is 2. The van der Waals surface area contributed by atoms with E-state index in [2.05, 4.69) is 4.99 Å². The van der Waals surface area contributed by atoms with E-state index in [0.29, 0.717) is 12.2 Å². The highest BCUT2D eigenvalue weighted by molar-refractivity contribution is 6.03. The smallest absolute Gasteiger partial charge is 0.402 e. The largest absolute Gasteiger partial charge is 0.453 e. The van der Waals surface area contributed by atoms with Crippen LogP contribution >= 0.6 is 12.4 Å². The Morgan fingerprint density at radius 2 is 1.80 bits per heavy atom. The summed E-state index contributed by atoms with van der Waals surface area (Å²) in [4.78, 5) is 14.8. The van der Waals surface area contributed by atoms with E-state index < -0.39 is 35.4 Å². The van der Waals surface area contributed by atoms with Gasteiger partial charge >= 0.3 is 6.18 Å². The lowest BCUT2D eigenvalue weighted by Crippen LogP contribution is -2.46. The van der Waals surface area contributed by atoms with Crippen molar-refractivity contribution >= 4 is 24.3 Å². The molecule has 136 valence electrons. The van der Waals surface area contributed by atoms with E-state index in [1.807, 2.05) is 0 Å². The fourth-order valence-corrected chi connectivity index (χ4v) is 2.06. The van der Waals surface area contributed by atoms with E-state index in [9.17, 15) is 22.4 Å². The zero-order chi connectivity index (χ0) is 18.0. The molecule has 0 aromatic heterocycles. The number of amides is 1. The number of aliphatic imine (C=N–C) groups is 1. The van der Waals surface area contributed by atoms with Gasteiger partial charge in [-0.1, -0.05) is 24.3 Å². The Labute approximate surface area is 146 Å². The molecule has 4 N–H and O–H groups in total. The summed E-state index contributed by atoms with van der Waals surface area (Å²) in [6.45, 7) is 0. The van der Waals surface area contributed by atoms with Gasteiger partial charge in [0.25, 0.3) is 11.8 Å². The summed E-state index contributed by atoms with van der Waals surface area (Å²) in [6.07, 6.45) is -3.23. The molecule has 0 spiro atoms. The number of para-hydroxylation sites is 1. The summed E-state index contributed by atoms with van der Waals surface area (Å²) < 4.78 is 59.5. The molecule has 2 rings (SSSR count). The molecule has 1 aromatic carbocycles. The first kappa shape index (κ1) is 20.5. The average Bonchev–Trinajstić information content (AvgIpc) is 2.46. The molecule has 0 saturated carbocycles. The number of benzene rings is 1. The molecule has 0 bridgehead atoms. The molecule has 0 saturated heterocycles. The monoisotopic (exact) mass is 379 g/mol. The fraction of sp³-hybridized carbons (Fsp3) is 0.200. The zero-order valence-corrected chi connectivity index (χ0v) is 13.4. The second-order valence-electron chi connectivity index (χ2n) is 4.93. The molecule has 0 fully saturated rings. The number of ether oxygens (including phenoxy) is 1. The van der Waals surface area contributed by atoms with Gasteiger partial charge in [-0.2, -0.15) is 22.6 Å². The highest BCUT2D eigenvalue weighted by Crippen LogP contribution is 2.43. The maximum Gasteiger partial charge on any atom is 0.402 e. The lowest BCUT2D eigenvalue weighted by atomic mass is 9.90. The number of guanidine groups is 1. The Morgan fingerprint density at radius 3 is 2.32 bits per heavy atom. The number of nitrogens with zero attached hydrogens (tertiary/aromatic N) is 1. The molecule has 10 heteroatoms. The Morgan fingerprint density at radius 1 is 1.20 bits per heavy atom. The maximum atomic E-state index is 14.8. The van der Waals surface area contributed by atoms with E-state index in [4.69, 9.17) is 16.2 Å². The van der Waals surface area contributed by atoms with Crippen molar-refractivity contribution in [3.63, 3.8) is 0 Å². The molecule has 5 nitrogen and oxygen atoms in total. The standard InChI is InChI=1S/C15H13F4N3O2.ClH/c16-14(24-10-4-2-1-3-5-10)7-6-9(12(23)22-13(20)21)8-11(14)15(17,18)19;/h1-8,11H,(H4,20,21,22,23);1H. The highest BCUT2D eigenvalue weighted by Gasteiger charge is 2.55. The molecule has 1 aliphatic rings. The number of carbonyl (C=O) groups excluding carboxylic acids is 1. The van der Waals surface area contributed by atoms with Crippen molar-refractivity contribution in [2.45, 2.75) is 12.0 Å². The van der Waals surface area contributed by atoms with Gasteiger partial charge in [-0.05, 0) is 24.3 Å². The molecule has 1 aliphatic carbocycles. The zero-order valence-electron chi connectivity index (χ0n) is 12.5. The molecule has 0 radical (unpaired) electrons. The van der Waals surface area contributed by atoms with Crippen molar-refractivity contribution in [2.24, 2.45) is 22.4 Å². The number of nitrogens with two attached hydrogens (primary N) is 2. The summed E-state index contributed by atoms with van der Waals surface area (Å²) in [5.41, 5.74) is 9.53. The fourth-order valence-electron chi connectivity index (χ4n) is 2.06. The average molecular weight is 380 g/mol. The number of hydrogen-bond acceptors (Lipinski definition) is 2. The van der Waals surface area contributed by atoms with Crippen LogP contribution in [-0.4, -0.2) is 23.9 Å². The second kappa shape index (κ2) is 7.56. The normalized spacial score (nSPS) is 22.4. The van der Waals surface area contributed by atoms with Gasteiger partial charge in [0, 0.05) is 5.57 Å². The summed E-state index contributed by atoms with van der Waals surface area (Å²) in [5.74, 6) is -7.73. The van der Waals surface area contributed by atoms with Crippen LogP contribution in [0.15, 0.2) is 59.1 Å². The van der Waals surface area contributed by atoms with Crippen LogP contribution in [-0.2, 0) is 4.79 Å². The minimum atomic E-state index is -5.00. The number of rotatable bonds is 3. The predicted molar refractivity (Wildman–Crippen MR) is 85.7 cm³/mol. The molecule has 0 heterocycles. The number of carbonyl (C=O) groups is 1. The van der Waals surface area contributed by atoms with Crippen LogP contribution < -0.4 is 16.2 Å². The van der Waals surface area contributed by atoms with Crippen LogP contribution in [0.25, 0.3) is 0 Å². The van der Waals surface area contributed by atoms with Crippen LogP contribution in [0.4, 0.5) is 17.6 Å². The van der Waals surface area contributed by atoms with E-state index in [0.717, 1.165) is 6.08 Å². The Kier molecular flexibility index (Phi) is 6.20. The lowest BCUT2D eigenvalue weighted by Gasteiger charge is -2.33. The van der Waals surface area contributed by atoms with Gasteiger partial charge in [0.05, 0.1) is 0 Å². The van der Waals surface area contributed by atoms with Gasteiger partial charge in [0.2, 0.25) is 0 Å². The van der Waals surface area contributed by atoms with Crippen LogP contribution in [0, 0.1) is 5.92 Å². The van der Waals surface area contributed by atoms with Crippen molar-refractivity contribution in [1.82, 2.24) is 0 Å².